The largest absolute Gasteiger partial charge is 0.370 e. The normalized spacial score (nSPS) is 14.1. The monoisotopic (exact) mass is 395 g/mol. The molecule has 29 heavy (non-hydrogen) atoms. The summed E-state index contributed by atoms with van der Waals surface area (Å²) in [6.07, 6.45) is 2.32. The van der Waals surface area contributed by atoms with Gasteiger partial charge >= 0.3 is 0 Å². The summed E-state index contributed by atoms with van der Waals surface area (Å²) in [7, 11) is 0. The van der Waals surface area contributed by atoms with E-state index in [0.717, 1.165) is 37.7 Å². The zero-order chi connectivity index (χ0) is 20.1. The molecule has 0 amide bonds. The fourth-order valence-corrected chi connectivity index (χ4v) is 3.44. The Bertz CT molecular complexity index is 940. The number of halogens is 2. The molecule has 1 aliphatic heterocycles. The molecule has 0 spiro atoms. The molecule has 0 bridgehead atoms. The van der Waals surface area contributed by atoms with Crippen LogP contribution in [0, 0.1) is 11.6 Å². The summed E-state index contributed by atoms with van der Waals surface area (Å²) in [4.78, 5) is 13.4. The first-order valence-corrected chi connectivity index (χ1v) is 9.75. The van der Waals surface area contributed by atoms with Crippen molar-refractivity contribution >= 4 is 17.5 Å². The van der Waals surface area contributed by atoms with Crippen LogP contribution in [-0.4, -0.2) is 42.7 Å². The molecule has 0 unspecified atom stereocenters. The van der Waals surface area contributed by atoms with E-state index in [1.807, 2.05) is 24.3 Å². The topological polar surface area (TPSA) is 44.3 Å². The lowest BCUT2D eigenvalue weighted by atomic mass is 10.1. The minimum atomic E-state index is -0.222. The summed E-state index contributed by atoms with van der Waals surface area (Å²) < 4.78 is 26.8. The van der Waals surface area contributed by atoms with Crippen LogP contribution in [0.4, 0.5) is 26.2 Å². The SMILES string of the molecule is Fc1ccc(N2CCN(c3nccc(NCCc4ccccc4F)n3)CC2)cc1. The quantitative estimate of drug-likeness (QED) is 0.689. The standard InChI is InChI=1S/C22H23F2N5/c23-18-5-7-19(8-6-18)28-13-15-29(16-14-28)22-26-12-10-21(27-22)25-11-9-17-3-1-2-4-20(17)24/h1-8,10,12H,9,11,13-16H2,(H,25,26,27). The molecule has 0 saturated carbocycles. The smallest absolute Gasteiger partial charge is 0.227 e. The van der Waals surface area contributed by atoms with E-state index in [4.69, 9.17) is 0 Å². The van der Waals surface area contributed by atoms with Crippen LogP contribution in [0.1, 0.15) is 5.56 Å². The lowest BCUT2D eigenvalue weighted by Crippen LogP contribution is -2.47. The van der Waals surface area contributed by atoms with Crippen molar-refractivity contribution in [1.82, 2.24) is 9.97 Å². The van der Waals surface area contributed by atoms with Gasteiger partial charge < -0.3 is 15.1 Å². The van der Waals surface area contributed by atoms with Crippen molar-refractivity contribution in [2.45, 2.75) is 6.42 Å². The number of aromatic nitrogens is 2. The average Bonchev–Trinajstić information content (AvgIpc) is 2.76. The number of piperazine rings is 1. The molecule has 2 aromatic carbocycles. The van der Waals surface area contributed by atoms with Gasteiger partial charge in [-0.05, 0) is 48.4 Å². The predicted molar refractivity (Wildman–Crippen MR) is 111 cm³/mol. The van der Waals surface area contributed by atoms with Gasteiger partial charge in [-0.15, -0.1) is 0 Å². The maximum atomic E-state index is 13.7. The highest BCUT2D eigenvalue weighted by Crippen LogP contribution is 2.19. The molecule has 150 valence electrons. The number of nitrogens with zero attached hydrogens (tertiary/aromatic N) is 4. The van der Waals surface area contributed by atoms with Crippen LogP contribution in [0.3, 0.4) is 0 Å². The van der Waals surface area contributed by atoms with Gasteiger partial charge in [-0.25, -0.2) is 13.8 Å². The Balaban J connectivity index is 1.32. The van der Waals surface area contributed by atoms with Crippen LogP contribution in [0.15, 0.2) is 60.8 Å². The summed E-state index contributed by atoms with van der Waals surface area (Å²) in [6, 6.07) is 15.2. The third kappa shape index (κ3) is 4.80. The summed E-state index contributed by atoms with van der Waals surface area (Å²) in [5.41, 5.74) is 1.71. The highest BCUT2D eigenvalue weighted by Gasteiger charge is 2.19. The molecular weight excluding hydrogens is 372 g/mol. The van der Waals surface area contributed by atoms with Crippen molar-refractivity contribution in [2.75, 3.05) is 47.8 Å². The maximum absolute atomic E-state index is 13.7. The number of anilines is 3. The first-order chi connectivity index (χ1) is 14.2. The molecule has 0 radical (unpaired) electrons. The third-order valence-electron chi connectivity index (χ3n) is 5.06. The lowest BCUT2D eigenvalue weighted by molar-refractivity contribution is 0.610. The van der Waals surface area contributed by atoms with Gasteiger partial charge in [-0.1, -0.05) is 18.2 Å². The van der Waals surface area contributed by atoms with E-state index < -0.39 is 0 Å². The minimum Gasteiger partial charge on any atom is -0.370 e. The van der Waals surface area contributed by atoms with Crippen molar-refractivity contribution < 1.29 is 8.78 Å². The Morgan fingerprint density at radius 1 is 0.862 bits per heavy atom. The molecule has 0 atom stereocenters. The van der Waals surface area contributed by atoms with Crippen molar-refractivity contribution in [3.8, 4) is 0 Å². The van der Waals surface area contributed by atoms with Crippen LogP contribution in [0.2, 0.25) is 0 Å². The predicted octanol–water partition coefficient (Wildman–Crippen LogP) is 3.74. The van der Waals surface area contributed by atoms with E-state index in [1.165, 1.54) is 18.2 Å². The summed E-state index contributed by atoms with van der Waals surface area (Å²) in [5, 5.41) is 3.25. The maximum Gasteiger partial charge on any atom is 0.227 e. The zero-order valence-corrected chi connectivity index (χ0v) is 16.1. The van der Waals surface area contributed by atoms with Crippen LogP contribution >= 0.6 is 0 Å². The van der Waals surface area contributed by atoms with E-state index in [9.17, 15) is 8.78 Å². The van der Waals surface area contributed by atoms with E-state index in [1.54, 1.807) is 18.3 Å². The van der Waals surface area contributed by atoms with Gasteiger partial charge in [0, 0.05) is 44.6 Å². The van der Waals surface area contributed by atoms with Gasteiger partial charge in [0.25, 0.3) is 0 Å². The average molecular weight is 395 g/mol. The first kappa shape index (κ1) is 19.1. The van der Waals surface area contributed by atoms with Crippen molar-refractivity contribution in [1.29, 1.82) is 0 Å². The van der Waals surface area contributed by atoms with Gasteiger partial charge in [0.2, 0.25) is 5.95 Å². The van der Waals surface area contributed by atoms with E-state index in [2.05, 4.69) is 25.1 Å². The highest BCUT2D eigenvalue weighted by atomic mass is 19.1. The Labute approximate surface area is 169 Å². The summed E-state index contributed by atoms with van der Waals surface area (Å²) in [5.74, 6) is 1.00. The number of nitrogens with one attached hydrogen (secondary N) is 1. The van der Waals surface area contributed by atoms with Crippen molar-refractivity contribution in [2.24, 2.45) is 0 Å². The molecule has 1 fully saturated rings. The molecule has 1 saturated heterocycles. The molecule has 5 nitrogen and oxygen atoms in total. The van der Waals surface area contributed by atoms with Gasteiger partial charge in [0.15, 0.2) is 0 Å². The Morgan fingerprint density at radius 2 is 1.59 bits per heavy atom. The van der Waals surface area contributed by atoms with Gasteiger partial charge in [-0.2, -0.15) is 4.98 Å². The summed E-state index contributed by atoms with van der Waals surface area (Å²) >= 11 is 0. The van der Waals surface area contributed by atoms with Gasteiger partial charge in [0.05, 0.1) is 0 Å². The van der Waals surface area contributed by atoms with E-state index in [0.29, 0.717) is 24.5 Å². The number of hydrogen-bond acceptors (Lipinski definition) is 5. The van der Waals surface area contributed by atoms with E-state index in [-0.39, 0.29) is 11.6 Å². The molecule has 4 rings (SSSR count). The Hall–Kier alpha value is -3.22. The van der Waals surface area contributed by atoms with Crippen LogP contribution in [0.25, 0.3) is 0 Å². The van der Waals surface area contributed by atoms with Crippen molar-refractivity contribution in [3.63, 3.8) is 0 Å². The Kier molecular flexibility index (Phi) is 5.84. The highest BCUT2D eigenvalue weighted by molar-refractivity contribution is 5.49. The molecule has 3 aromatic rings. The molecule has 1 aliphatic rings. The molecular formula is C22H23F2N5. The first-order valence-electron chi connectivity index (χ1n) is 9.75. The second-order valence-electron chi connectivity index (χ2n) is 6.96. The molecule has 7 heteroatoms. The molecule has 2 heterocycles. The van der Waals surface area contributed by atoms with Crippen LogP contribution < -0.4 is 15.1 Å². The number of benzene rings is 2. The molecule has 1 aromatic heterocycles. The van der Waals surface area contributed by atoms with Crippen molar-refractivity contribution in [3.05, 3.63) is 78.0 Å². The van der Waals surface area contributed by atoms with Gasteiger partial charge in [-0.3, -0.25) is 0 Å². The number of hydrogen-bond donors (Lipinski definition) is 1. The fourth-order valence-electron chi connectivity index (χ4n) is 3.44. The Morgan fingerprint density at radius 3 is 2.34 bits per heavy atom. The van der Waals surface area contributed by atoms with Crippen LogP contribution in [-0.2, 0) is 6.42 Å². The molecule has 1 N–H and O–H groups in total. The zero-order valence-electron chi connectivity index (χ0n) is 16.1. The number of rotatable bonds is 6. The summed E-state index contributed by atoms with van der Waals surface area (Å²) in [6.45, 7) is 3.81. The lowest BCUT2D eigenvalue weighted by Gasteiger charge is -2.36. The third-order valence-corrected chi connectivity index (χ3v) is 5.06. The molecule has 0 aliphatic carbocycles. The van der Waals surface area contributed by atoms with Gasteiger partial charge in [0.1, 0.15) is 17.5 Å². The second kappa shape index (κ2) is 8.86. The fraction of sp³-hybridized carbons (Fsp3) is 0.273. The van der Waals surface area contributed by atoms with Crippen LogP contribution in [0.5, 0.6) is 0 Å². The minimum absolute atomic E-state index is 0.184. The van der Waals surface area contributed by atoms with E-state index >= 15 is 0 Å². The second-order valence-corrected chi connectivity index (χ2v) is 6.96.